The van der Waals surface area contributed by atoms with Crippen LogP contribution in [0.3, 0.4) is 0 Å². The van der Waals surface area contributed by atoms with Crippen LogP contribution in [0.2, 0.25) is 0 Å². The molecule has 2 aromatic rings. The molecule has 0 aromatic heterocycles. The van der Waals surface area contributed by atoms with Crippen molar-refractivity contribution in [3.8, 4) is 0 Å². The van der Waals surface area contributed by atoms with Crippen LogP contribution >= 0.6 is 0 Å². The number of rotatable bonds is 3. The molecule has 0 aliphatic rings. The van der Waals surface area contributed by atoms with E-state index in [-0.39, 0.29) is 5.82 Å². The molecule has 0 bridgehead atoms. The van der Waals surface area contributed by atoms with Crippen LogP contribution in [-0.2, 0) is 0 Å². The molecule has 0 aliphatic carbocycles. The highest BCUT2D eigenvalue weighted by Crippen LogP contribution is 2.09. The lowest BCUT2D eigenvalue weighted by molar-refractivity contribution is 0.320. The van der Waals surface area contributed by atoms with Gasteiger partial charge in [0.05, 0.1) is 0 Å². The standard InChI is InChI=1S/C16H14FNO/c1-12-2-7-14(8-3-12)16(18-19)11-6-13-4-9-15(17)10-5-13/h2-11,19H,1H3/b11-6+,18-16+. The van der Waals surface area contributed by atoms with Crippen LogP contribution in [0, 0.1) is 12.7 Å². The maximum absolute atomic E-state index is 12.8. The Hall–Kier alpha value is -2.42. The molecule has 96 valence electrons. The molecule has 0 radical (unpaired) electrons. The van der Waals surface area contributed by atoms with Crippen molar-refractivity contribution < 1.29 is 9.60 Å². The van der Waals surface area contributed by atoms with Crippen molar-refractivity contribution in [2.45, 2.75) is 6.92 Å². The zero-order valence-electron chi connectivity index (χ0n) is 10.5. The summed E-state index contributed by atoms with van der Waals surface area (Å²) < 4.78 is 12.8. The number of aryl methyl sites for hydroxylation is 1. The summed E-state index contributed by atoms with van der Waals surface area (Å²) in [5, 5.41) is 12.3. The van der Waals surface area contributed by atoms with E-state index in [2.05, 4.69) is 5.16 Å². The highest BCUT2D eigenvalue weighted by molar-refractivity contribution is 6.10. The number of allylic oxidation sites excluding steroid dienone is 1. The molecule has 1 N–H and O–H groups in total. The third-order valence-electron chi connectivity index (χ3n) is 2.76. The van der Waals surface area contributed by atoms with Crippen LogP contribution in [0.5, 0.6) is 0 Å². The number of hydrogen-bond acceptors (Lipinski definition) is 2. The minimum atomic E-state index is -0.272. The zero-order chi connectivity index (χ0) is 13.7. The molecule has 2 aromatic carbocycles. The summed E-state index contributed by atoms with van der Waals surface area (Å²) >= 11 is 0. The first-order valence-corrected chi connectivity index (χ1v) is 5.92. The summed E-state index contributed by atoms with van der Waals surface area (Å²) in [6, 6.07) is 13.8. The normalized spacial score (nSPS) is 12.0. The Balaban J connectivity index is 2.20. The van der Waals surface area contributed by atoms with Crippen molar-refractivity contribution in [2.75, 3.05) is 0 Å². The first-order valence-electron chi connectivity index (χ1n) is 5.92. The number of hydrogen-bond donors (Lipinski definition) is 1. The molecular weight excluding hydrogens is 241 g/mol. The fraction of sp³-hybridized carbons (Fsp3) is 0.0625. The van der Waals surface area contributed by atoms with Gasteiger partial charge < -0.3 is 5.21 Å². The smallest absolute Gasteiger partial charge is 0.123 e. The predicted octanol–water partition coefficient (Wildman–Crippen LogP) is 4.03. The van der Waals surface area contributed by atoms with Gasteiger partial charge in [0.2, 0.25) is 0 Å². The number of oxime groups is 1. The molecule has 0 spiro atoms. The van der Waals surface area contributed by atoms with E-state index >= 15 is 0 Å². The highest BCUT2D eigenvalue weighted by Gasteiger charge is 1.99. The second-order valence-electron chi connectivity index (χ2n) is 4.24. The van der Waals surface area contributed by atoms with Crippen LogP contribution < -0.4 is 0 Å². The molecule has 19 heavy (non-hydrogen) atoms. The van der Waals surface area contributed by atoms with Crippen LogP contribution in [0.4, 0.5) is 4.39 Å². The minimum absolute atomic E-state index is 0.272. The van der Waals surface area contributed by atoms with Crippen molar-refractivity contribution in [1.82, 2.24) is 0 Å². The Morgan fingerprint density at radius 2 is 1.68 bits per heavy atom. The summed E-state index contributed by atoms with van der Waals surface area (Å²) in [7, 11) is 0. The molecule has 2 rings (SSSR count). The van der Waals surface area contributed by atoms with Gasteiger partial charge in [-0.05, 0) is 30.7 Å². The third kappa shape index (κ3) is 3.52. The van der Waals surface area contributed by atoms with E-state index in [4.69, 9.17) is 5.21 Å². The molecule has 0 aliphatic heterocycles. The van der Waals surface area contributed by atoms with Gasteiger partial charge in [-0.3, -0.25) is 0 Å². The number of benzene rings is 2. The van der Waals surface area contributed by atoms with Gasteiger partial charge in [-0.25, -0.2) is 4.39 Å². The number of halogens is 1. The van der Waals surface area contributed by atoms with Crippen LogP contribution in [0.1, 0.15) is 16.7 Å². The minimum Gasteiger partial charge on any atom is -0.410 e. The van der Waals surface area contributed by atoms with Crippen molar-refractivity contribution in [2.24, 2.45) is 5.16 Å². The van der Waals surface area contributed by atoms with Gasteiger partial charge >= 0.3 is 0 Å². The fourth-order valence-corrected chi connectivity index (χ4v) is 1.66. The molecule has 3 heteroatoms. The average Bonchev–Trinajstić information content (AvgIpc) is 2.43. The van der Waals surface area contributed by atoms with Gasteiger partial charge in [-0.2, -0.15) is 0 Å². The third-order valence-corrected chi connectivity index (χ3v) is 2.76. The lowest BCUT2D eigenvalue weighted by Crippen LogP contribution is -1.96. The van der Waals surface area contributed by atoms with E-state index in [9.17, 15) is 4.39 Å². The summed E-state index contributed by atoms with van der Waals surface area (Å²) in [5.74, 6) is -0.272. The van der Waals surface area contributed by atoms with Gasteiger partial charge in [0, 0.05) is 5.56 Å². The molecule has 0 saturated heterocycles. The Labute approximate surface area is 111 Å². The Morgan fingerprint density at radius 1 is 1.05 bits per heavy atom. The van der Waals surface area contributed by atoms with E-state index in [1.54, 1.807) is 24.3 Å². The van der Waals surface area contributed by atoms with Crippen molar-refractivity contribution in [3.05, 3.63) is 77.1 Å². The largest absolute Gasteiger partial charge is 0.410 e. The van der Waals surface area contributed by atoms with E-state index in [1.807, 2.05) is 31.2 Å². The predicted molar refractivity (Wildman–Crippen MR) is 74.9 cm³/mol. The Kier molecular flexibility index (Phi) is 4.08. The average molecular weight is 255 g/mol. The molecule has 0 unspecified atom stereocenters. The molecule has 0 saturated carbocycles. The zero-order valence-corrected chi connectivity index (χ0v) is 10.5. The lowest BCUT2D eigenvalue weighted by atomic mass is 10.1. The summed E-state index contributed by atoms with van der Waals surface area (Å²) in [6.07, 6.45) is 3.46. The van der Waals surface area contributed by atoms with E-state index in [0.717, 1.165) is 16.7 Å². The first kappa shape index (κ1) is 13.0. The number of nitrogens with zero attached hydrogens (tertiary/aromatic N) is 1. The second-order valence-corrected chi connectivity index (χ2v) is 4.24. The van der Waals surface area contributed by atoms with Crippen LogP contribution in [0.15, 0.2) is 59.8 Å². The van der Waals surface area contributed by atoms with Gasteiger partial charge in [-0.15, -0.1) is 0 Å². The molecule has 0 amide bonds. The summed E-state index contributed by atoms with van der Waals surface area (Å²) in [6.45, 7) is 1.99. The fourth-order valence-electron chi connectivity index (χ4n) is 1.66. The van der Waals surface area contributed by atoms with Crippen molar-refractivity contribution >= 4 is 11.8 Å². The molecule has 2 nitrogen and oxygen atoms in total. The summed E-state index contributed by atoms with van der Waals surface area (Å²) in [5.41, 5.74) is 3.27. The summed E-state index contributed by atoms with van der Waals surface area (Å²) in [4.78, 5) is 0. The Morgan fingerprint density at radius 3 is 2.26 bits per heavy atom. The quantitative estimate of drug-likeness (QED) is 0.501. The monoisotopic (exact) mass is 255 g/mol. The first-order chi connectivity index (χ1) is 9.19. The van der Waals surface area contributed by atoms with Crippen LogP contribution in [0.25, 0.3) is 6.08 Å². The maximum Gasteiger partial charge on any atom is 0.123 e. The van der Waals surface area contributed by atoms with E-state index < -0.39 is 0 Å². The maximum atomic E-state index is 12.8. The second kappa shape index (κ2) is 5.96. The lowest BCUT2D eigenvalue weighted by Gasteiger charge is -2.00. The highest BCUT2D eigenvalue weighted by atomic mass is 19.1. The molecule has 0 heterocycles. The van der Waals surface area contributed by atoms with Crippen molar-refractivity contribution in [1.29, 1.82) is 0 Å². The van der Waals surface area contributed by atoms with Gasteiger partial charge in [0.1, 0.15) is 11.5 Å². The molecular formula is C16H14FNO. The van der Waals surface area contributed by atoms with E-state index in [1.165, 1.54) is 12.1 Å². The van der Waals surface area contributed by atoms with Gasteiger partial charge in [0.15, 0.2) is 0 Å². The SMILES string of the molecule is Cc1ccc(C(/C=C/c2ccc(F)cc2)=N/O)cc1. The molecule has 0 fully saturated rings. The molecule has 0 atom stereocenters. The van der Waals surface area contributed by atoms with Crippen molar-refractivity contribution in [3.63, 3.8) is 0 Å². The van der Waals surface area contributed by atoms with Gasteiger partial charge in [0.25, 0.3) is 0 Å². The van der Waals surface area contributed by atoms with Gasteiger partial charge in [-0.1, -0.05) is 53.2 Å². The van der Waals surface area contributed by atoms with Crippen LogP contribution in [-0.4, -0.2) is 10.9 Å². The topological polar surface area (TPSA) is 32.6 Å². The Bertz CT molecular complexity index is 598. The van der Waals surface area contributed by atoms with E-state index in [0.29, 0.717) is 5.71 Å².